The molecular formula is C15H19NO5S. The molecule has 120 valence electrons. The molecule has 0 aromatic heterocycles. The second kappa shape index (κ2) is 6.48. The van der Waals surface area contributed by atoms with E-state index in [0.29, 0.717) is 6.42 Å². The maximum Gasteiger partial charge on any atom is 0.345 e. The molecule has 1 atom stereocenters. The normalized spacial score (nSPS) is 16.6. The molecule has 1 aromatic rings. The minimum Gasteiger partial charge on any atom is -0.464 e. The predicted octanol–water partition coefficient (Wildman–Crippen LogP) is 1.28. The summed E-state index contributed by atoms with van der Waals surface area (Å²) in [4.78, 5) is 25.2. The van der Waals surface area contributed by atoms with Gasteiger partial charge in [0.2, 0.25) is 21.1 Å². The van der Waals surface area contributed by atoms with Gasteiger partial charge in [-0.15, -0.1) is 0 Å². The standard InChI is InChI=1S/C15H19NO5S/c1-3-21-15(18)14(16-10-4-5-13(16)17)22(19,20)12-8-6-11(2)7-9-12/h6-9,14H,3-5,10H2,1-2H3. The quantitative estimate of drug-likeness (QED) is 0.762. The van der Waals surface area contributed by atoms with Crippen molar-refractivity contribution < 1.29 is 22.7 Å². The Hall–Kier alpha value is -1.89. The monoisotopic (exact) mass is 325 g/mol. The number of carbonyl (C=O) groups excluding carboxylic acids is 2. The molecule has 7 heteroatoms. The Kier molecular flexibility index (Phi) is 4.85. The Morgan fingerprint density at radius 1 is 1.32 bits per heavy atom. The van der Waals surface area contributed by atoms with Crippen molar-refractivity contribution in [3.05, 3.63) is 29.8 Å². The first kappa shape index (κ1) is 16.5. The van der Waals surface area contributed by atoms with Gasteiger partial charge in [-0.2, -0.15) is 0 Å². The van der Waals surface area contributed by atoms with Crippen molar-refractivity contribution in [1.29, 1.82) is 0 Å². The summed E-state index contributed by atoms with van der Waals surface area (Å²) in [7, 11) is -4.03. The van der Waals surface area contributed by atoms with Crippen molar-refractivity contribution in [1.82, 2.24) is 4.90 Å². The fourth-order valence-corrected chi connectivity index (χ4v) is 4.06. The lowest BCUT2D eigenvalue weighted by Gasteiger charge is -2.25. The summed E-state index contributed by atoms with van der Waals surface area (Å²) in [5.74, 6) is -1.24. The minimum absolute atomic E-state index is 0.0100. The van der Waals surface area contributed by atoms with Gasteiger partial charge in [0.25, 0.3) is 0 Å². The van der Waals surface area contributed by atoms with Gasteiger partial charge in [-0.25, -0.2) is 13.2 Å². The molecule has 6 nitrogen and oxygen atoms in total. The molecule has 1 aromatic carbocycles. The van der Waals surface area contributed by atoms with Gasteiger partial charge in [-0.1, -0.05) is 17.7 Å². The number of rotatable bonds is 5. The highest BCUT2D eigenvalue weighted by molar-refractivity contribution is 7.92. The molecule has 0 N–H and O–H groups in total. The Bertz CT molecular complexity index is 666. The number of likely N-dealkylation sites (tertiary alicyclic amines) is 1. The number of hydrogen-bond donors (Lipinski definition) is 0. The number of benzene rings is 1. The molecule has 2 rings (SSSR count). The zero-order valence-corrected chi connectivity index (χ0v) is 13.4. The van der Waals surface area contributed by atoms with E-state index < -0.39 is 21.2 Å². The van der Waals surface area contributed by atoms with E-state index in [9.17, 15) is 18.0 Å². The van der Waals surface area contributed by atoms with Crippen molar-refractivity contribution in [2.24, 2.45) is 0 Å². The highest BCUT2D eigenvalue weighted by atomic mass is 32.2. The molecule has 1 aliphatic heterocycles. The average molecular weight is 325 g/mol. The van der Waals surface area contributed by atoms with Crippen LogP contribution in [0.5, 0.6) is 0 Å². The van der Waals surface area contributed by atoms with E-state index in [-0.39, 0.29) is 30.4 Å². The molecule has 0 bridgehead atoms. The summed E-state index contributed by atoms with van der Waals surface area (Å²) in [6.45, 7) is 3.73. The van der Waals surface area contributed by atoms with E-state index in [1.165, 1.54) is 12.1 Å². The number of hydrogen-bond acceptors (Lipinski definition) is 5. The molecule has 1 aliphatic rings. The molecule has 0 radical (unpaired) electrons. The molecule has 22 heavy (non-hydrogen) atoms. The van der Waals surface area contributed by atoms with Gasteiger partial charge < -0.3 is 9.64 Å². The lowest BCUT2D eigenvalue weighted by atomic mass is 10.2. The minimum atomic E-state index is -4.03. The maximum absolute atomic E-state index is 12.8. The molecule has 1 fully saturated rings. The van der Waals surface area contributed by atoms with E-state index in [0.717, 1.165) is 10.5 Å². The lowest BCUT2D eigenvalue weighted by Crippen LogP contribution is -2.48. The van der Waals surface area contributed by atoms with E-state index >= 15 is 0 Å². The summed E-state index contributed by atoms with van der Waals surface area (Å²) in [6, 6.07) is 6.19. The number of aryl methyl sites for hydroxylation is 1. The fourth-order valence-electron chi connectivity index (χ4n) is 2.41. The second-order valence-corrected chi connectivity index (χ2v) is 7.16. The first-order chi connectivity index (χ1) is 10.4. The van der Waals surface area contributed by atoms with Crippen LogP contribution in [0.25, 0.3) is 0 Å². The zero-order chi connectivity index (χ0) is 16.3. The van der Waals surface area contributed by atoms with Gasteiger partial charge in [0.15, 0.2) is 0 Å². The third-order valence-corrected chi connectivity index (χ3v) is 5.49. The first-order valence-corrected chi connectivity index (χ1v) is 8.69. The fraction of sp³-hybridized carbons (Fsp3) is 0.467. The van der Waals surface area contributed by atoms with Crippen molar-refractivity contribution in [3.8, 4) is 0 Å². The molecule has 1 amide bonds. The Morgan fingerprint density at radius 2 is 1.95 bits per heavy atom. The zero-order valence-electron chi connectivity index (χ0n) is 12.6. The smallest absolute Gasteiger partial charge is 0.345 e. The second-order valence-electron chi connectivity index (χ2n) is 5.15. The van der Waals surface area contributed by atoms with E-state index in [2.05, 4.69) is 0 Å². The van der Waals surface area contributed by atoms with E-state index in [1.807, 2.05) is 6.92 Å². The van der Waals surface area contributed by atoms with Gasteiger partial charge in [0, 0.05) is 13.0 Å². The SMILES string of the molecule is CCOC(=O)C(N1CCCC1=O)S(=O)(=O)c1ccc(C)cc1. The molecular weight excluding hydrogens is 306 g/mol. The van der Waals surface area contributed by atoms with Crippen LogP contribution < -0.4 is 0 Å². The average Bonchev–Trinajstić information content (AvgIpc) is 2.85. The van der Waals surface area contributed by atoms with Crippen LogP contribution in [0.4, 0.5) is 0 Å². The van der Waals surface area contributed by atoms with Gasteiger partial charge in [-0.05, 0) is 32.4 Å². The summed E-state index contributed by atoms with van der Waals surface area (Å²) in [5, 5.41) is -1.61. The van der Waals surface area contributed by atoms with E-state index in [1.54, 1.807) is 19.1 Å². The highest BCUT2D eigenvalue weighted by Gasteiger charge is 2.44. The van der Waals surface area contributed by atoms with Gasteiger partial charge in [0.05, 0.1) is 11.5 Å². The van der Waals surface area contributed by atoms with Crippen molar-refractivity contribution in [2.75, 3.05) is 13.2 Å². The third kappa shape index (κ3) is 3.14. The third-order valence-electron chi connectivity index (χ3n) is 3.52. The molecule has 1 heterocycles. The molecule has 0 saturated carbocycles. The van der Waals surface area contributed by atoms with Gasteiger partial charge in [0.1, 0.15) is 0 Å². The number of sulfone groups is 1. The van der Waals surface area contributed by atoms with Crippen LogP contribution in [0.15, 0.2) is 29.2 Å². The Labute approximate surface area is 130 Å². The number of nitrogens with zero attached hydrogens (tertiary/aromatic N) is 1. The highest BCUT2D eigenvalue weighted by Crippen LogP contribution is 2.24. The van der Waals surface area contributed by atoms with Crippen molar-refractivity contribution in [3.63, 3.8) is 0 Å². The largest absolute Gasteiger partial charge is 0.464 e. The van der Waals surface area contributed by atoms with Crippen LogP contribution in [-0.2, 0) is 24.2 Å². The number of amides is 1. The topological polar surface area (TPSA) is 80.8 Å². The number of esters is 1. The van der Waals surface area contributed by atoms with Crippen LogP contribution in [-0.4, -0.2) is 43.7 Å². The van der Waals surface area contributed by atoms with Crippen LogP contribution in [0.2, 0.25) is 0 Å². The maximum atomic E-state index is 12.8. The number of ether oxygens (including phenoxy) is 1. The first-order valence-electron chi connectivity index (χ1n) is 7.14. The van der Waals surface area contributed by atoms with Gasteiger partial charge in [-0.3, -0.25) is 4.79 Å². The molecule has 1 saturated heterocycles. The summed E-state index contributed by atoms with van der Waals surface area (Å²) < 4.78 is 30.5. The van der Waals surface area contributed by atoms with E-state index in [4.69, 9.17) is 4.74 Å². The van der Waals surface area contributed by atoms with Crippen LogP contribution in [0.3, 0.4) is 0 Å². The van der Waals surface area contributed by atoms with Crippen molar-refractivity contribution >= 4 is 21.7 Å². The molecule has 1 unspecified atom stereocenters. The van der Waals surface area contributed by atoms with Crippen molar-refractivity contribution in [2.45, 2.75) is 37.0 Å². The Balaban J connectivity index is 2.45. The molecule has 0 spiro atoms. The lowest BCUT2D eigenvalue weighted by molar-refractivity contribution is -0.149. The summed E-state index contributed by atoms with van der Waals surface area (Å²) in [5.41, 5.74) is 0.906. The van der Waals surface area contributed by atoms with Gasteiger partial charge >= 0.3 is 5.97 Å². The van der Waals surface area contributed by atoms with Crippen LogP contribution in [0.1, 0.15) is 25.3 Å². The van der Waals surface area contributed by atoms with Crippen LogP contribution in [0, 0.1) is 6.92 Å². The summed E-state index contributed by atoms with van der Waals surface area (Å²) >= 11 is 0. The number of carbonyl (C=O) groups is 2. The Morgan fingerprint density at radius 3 is 2.45 bits per heavy atom. The van der Waals surface area contributed by atoms with Crippen LogP contribution >= 0.6 is 0 Å². The summed E-state index contributed by atoms with van der Waals surface area (Å²) in [6.07, 6.45) is 0.789. The predicted molar refractivity (Wildman–Crippen MR) is 79.7 cm³/mol. The molecule has 0 aliphatic carbocycles.